The number of carbonyl (C=O) groups excluding carboxylic acids is 1. The molecule has 0 fully saturated rings. The SMILES string of the molecule is O=C(O)COc1ccc(/C=N\NC(=O)CSc2nnc(COc3ccc(Cl)cc3Cl)o2)cc1Br. The molecule has 0 radical (unpaired) electrons. The summed E-state index contributed by atoms with van der Waals surface area (Å²) in [5.74, 6) is -0.454. The normalized spacial score (nSPS) is 10.9. The second-order valence-corrected chi connectivity index (χ2v) is 8.90. The molecule has 1 amide bonds. The van der Waals surface area contributed by atoms with Crippen molar-refractivity contribution < 1.29 is 28.6 Å². The third-order valence-corrected chi connectivity index (χ3v) is 5.70. The van der Waals surface area contributed by atoms with Gasteiger partial charge in [0.2, 0.25) is 0 Å². The minimum absolute atomic E-state index is 0.00109. The number of carboxylic acids is 1. The summed E-state index contributed by atoms with van der Waals surface area (Å²) in [6.07, 6.45) is 1.43. The van der Waals surface area contributed by atoms with E-state index in [2.05, 4.69) is 36.7 Å². The number of carboxylic acid groups (broad SMARTS) is 1. The van der Waals surface area contributed by atoms with E-state index in [0.717, 1.165) is 11.8 Å². The Hall–Kier alpha value is -2.80. The minimum atomic E-state index is -1.08. The summed E-state index contributed by atoms with van der Waals surface area (Å²) < 4.78 is 16.6. The first-order valence-corrected chi connectivity index (χ1v) is 11.8. The van der Waals surface area contributed by atoms with Crippen LogP contribution in [0.15, 0.2) is 55.6 Å². The van der Waals surface area contributed by atoms with Gasteiger partial charge in [0, 0.05) is 5.02 Å². The lowest BCUT2D eigenvalue weighted by Crippen LogP contribution is -2.19. The highest BCUT2D eigenvalue weighted by molar-refractivity contribution is 9.10. The predicted octanol–water partition coefficient (Wildman–Crippen LogP) is 4.42. The number of nitrogens with zero attached hydrogens (tertiary/aromatic N) is 3. The molecule has 0 spiro atoms. The van der Waals surface area contributed by atoms with Crippen LogP contribution in [0.25, 0.3) is 0 Å². The van der Waals surface area contributed by atoms with Gasteiger partial charge >= 0.3 is 5.97 Å². The van der Waals surface area contributed by atoms with E-state index in [-0.39, 0.29) is 29.4 Å². The van der Waals surface area contributed by atoms with Gasteiger partial charge in [0.15, 0.2) is 13.2 Å². The number of halogens is 3. The van der Waals surface area contributed by atoms with Crippen molar-refractivity contribution >= 4 is 69.0 Å². The van der Waals surface area contributed by atoms with Crippen molar-refractivity contribution in [3.05, 3.63) is 62.4 Å². The summed E-state index contributed by atoms with van der Waals surface area (Å²) in [7, 11) is 0. The number of hydrazone groups is 1. The molecule has 1 heterocycles. The van der Waals surface area contributed by atoms with E-state index in [9.17, 15) is 9.59 Å². The number of ether oxygens (including phenoxy) is 2. The monoisotopic (exact) mass is 588 g/mol. The largest absolute Gasteiger partial charge is 0.482 e. The summed E-state index contributed by atoms with van der Waals surface area (Å²) >= 11 is 16.2. The third-order valence-electron chi connectivity index (χ3n) is 3.73. The number of thioether (sulfide) groups is 1. The first-order chi connectivity index (χ1) is 16.3. The van der Waals surface area contributed by atoms with Gasteiger partial charge in [-0.25, -0.2) is 10.2 Å². The van der Waals surface area contributed by atoms with Gasteiger partial charge in [-0.15, -0.1) is 10.2 Å². The average Bonchev–Trinajstić information content (AvgIpc) is 3.24. The van der Waals surface area contributed by atoms with Gasteiger partial charge < -0.3 is 19.0 Å². The molecule has 0 saturated carbocycles. The summed E-state index contributed by atoms with van der Waals surface area (Å²) in [5, 5.41) is 21.3. The molecular weight excluding hydrogens is 575 g/mol. The number of rotatable bonds is 11. The third kappa shape index (κ3) is 8.20. The first-order valence-electron chi connectivity index (χ1n) is 9.29. The molecule has 3 rings (SSSR count). The summed E-state index contributed by atoms with van der Waals surface area (Å²) in [6, 6.07) is 9.74. The van der Waals surface area contributed by atoms with Gasteiger partial charge in [-0.1, -0.05) is 35.0 Å². The average molecular weight is 590 g/mol. The van der Waals surface area contributed by atoms with Gasteiger partial charge in [0.25, 0.3) is 17.0 Å². The van der Waals surface area contributed by atoms with Gasteiger partial charge in [-0.2, -0.15) is 5.10 Å². The number of carbonyl (C=O) groups is 2. The van der Waals surface area contributed by atoms with Crippen molar-refractivity contribution in [2.24, 2.45) is 5.10 Å². The number of aromatic nitrogens is 2. The van der Waals surface area contributed by atoms with E-state index in [1.165, 1.54) is 6.21 Å². The van der Waals surface area contributed by atoms with Crippen molar-refractivity contribution in [3.8, 4) is 11.5 Å². The summed E-state index contributed by atoms with van der Waals surface area (Å²) in [4.78, 5) is 22.6. The van der Waals surface area contributed by atoms with Crippen LogP contribution >= 0.6 is 50.9 Å². The van der Waals surface area contributed by atoms with Crippen molar-refractivity contribution in [1.82, 2.24) is 15.6 Å². The lowest BCUT2D eigenvalue weighted by Gasteiger charge is -2.06. The van der Waals surface area contributed by atoms with Crippen LogP contribution in [0.2, 0.25) is 10.0 Å². The van der Waals surface area contributed by atoms with E-state index in [1.807, 2.05) is 0 Å². The van der Waals surface area contributed by atoms with E-state index in [4.69, 9.17) is 42.2 Å². The maximum Gasteiger partial charge on any atom is 0.341 e. The Bertz CT molecular complexity index is 1210. The number of amides is 1. The molecule has 14 heteroatoms. The van der Waals surface area contributed by atoms with Gasteiger partial charge in [-0.05, 0) is 57.9 Å². The minimum Gasteiger partial charge on any atom is -0.482 e. The zero-order chi connectivity index (χ0) is 24.5. The zero-order valence-corrected chi connectivity index (χ0v) is 20.9. The number of nitrogens with one attached hydrogen (secondary N) is 1. The van der Waals surface area contributed by atoms with Gasteiger partial charge in [-0.3, -0.25) is 4.79 Å². The maximum atomic E-state index is 12.0. The van der Waals surface area contributed by atoms with Gasteiger partial charge in [0.1, 0.15) is 11.5 Å². The molecule has 1 aromatic heterocycles. The van der Waals surface area contributed by atoms with Crippen molar-refractivity contribution in [3.63, 3.8) is 0 Å². The van der Waals surface area contributed by atoms with Crippen LogP contribution in [0.3, 0.4) is 0 Å². The topological polar surface area (TPSA) is 136 Å². The fourth-order valence-electron chi connectivity index (χ4n) is 2.28. The summed E-state index contributed by atoms with van der Waals surface area (Å²) in [5.41, 5.74) is 3.04. The summed E-state index contributed by atoms with van der Waals surface area (Å²) in [6.45, 7) is -0.452. The Morgan fingerprint density at radius 3 is 2.71 bits per heavy atom. The van der Waals surface area contributed by atoms with Crippen LogP contribution in [-0.4, -0.2) is 45.8 Å². The van der Waals surface area contributed by atoms with Gasteiger partial charge in [0.05, 0.1) is 21.5 Å². The van der Waals surface area contributed by atoms with Crippen molar-refractivity contribution in [2.75, 3.05) is 12.4 Å². The fraction of sp³-hybridized carbons (Fsp3) is 0.150. The van der Waals surface area contributed by atoms with Crippen molar-refractivity contribution in [1.29, 1.82) is 0 Å². The molecule has 0 aliphatic rings. The van der Waals surface area contributed by atoms with E-state index in [0.29, 0.717) is 31.6 Å². The Morgan fingerprint density at radius 1 is 1.18 bits per heavy atom. The molecule has 10 nitrogen and oxygen atoms in total. The molecule has 0 atom stereocenters. The highest BCUT2D eigenvalue weighted by Gasteiger charge is 2.11. The molecule has 0 aliphatic heterocycles. The Kier molecular flexibility index (Phi) is 9.57. The molecule has 0 aliphatic carbocycles. The highest BCUT2D eigenvalue weighted by atomic mass is 79.9. The number of hydrogen-bond donors (Lipinski definition) is 2. The second-order valence-electron chi connectivity index (χ2n) is 6.28. The number of hydrogen-bond acceptors (Lipinski definition) is 9. The molecular formula is C20H15BrCl2N4O6S. The standard InChI is InChI=1S/C20H15BrCl2N4O6S/c21-13-5-11(1-3-15(13)32-9-19(29)30)7-24-25-17(28)10-34-20-27-26-18(33-20)8-31-16-4-2-12(22)6-14(16)23/h1-7H,8-10H2,(H,25,28)(H,29,30)/b24-7-. The zero-order valence-electron chi connectivity index (χ0n) is 17.0. The van der Waals surface area contributed by atoms with E-state index < -0.39 is 12.6 Å². The van der Waals surface area contributed by atoms with Crippen LogP contribution in [0.5, 0.6) is 11.5 Å². The van der Waals surface area contributed by atoms with Crippen LogP contribution in [-0.2, 0) is 16.2 Å². The smallest absolute Gasteiger partial charge is 0.341 e. The lowest BCUT2D eigenvalue weighted by atomic mass is 10.2. The maximum absolute atomic E-state index is 12.0. The lowest BCUT2D eigenvalue weighted by molar-refractivity contribution is -0.139. The quantitative estimate of drug-likeness (QED) is 0.189. The Balaban J connectivity index is 1.42. The Labute approximate surface area is 215 Å². The molecule has 178 valence electrons. The van der Waals surface area contributed by atoms with Crippen LogP contribution in [0.4, 0.5) is 0 Å². The first kappa shape index (κ1) is 25.8. The molecule has 2 aromatic carbocycles. The molecule has 2 N–H and O–H groups in total. The van der Waals surface area contributed by atoms with E-state index in [1.54, 1.807) is 36.4 Å². The predicted molar refractivity (Wildman–Crippen MR) is 129 cm³/mol. The molecule has 0 saturated heterocycles. The van der Waals surface area contributed by atoms with Crippen LogP contribution in [0, 0.1) is 0 Å². The molecule has 0 unspecified atom stereocenters. The highest BCUT2D eigenvalue weighted by Crippen LogP contribution is 2.28. The number of aliphatic carboxylic acids is 1. The molecule has 3 aromatic rings. The van der Waals surface area contributed by atoms with E-state index >= 15 is 0 Å². The van der Waals surface area contributed by atoms with Crippen molar-refractivity contribution in [2.45, 2.75) is 11.8 Å². The van der Waals surface area contributed by atoms with Crippen LogP contribution < -0.4 is 14.9 Å². The molecule has 34 heavy (non-hydrogen) atoms. The number of benzene rings is 2. The van der Waals surface area contributed by atoms with Crippen LogP contribution in [0.1, 0.15) is 11.5 Å². The fourth-order valence-corrected chi connectivity index (χ4v) is 3.83. The Morgan fingerprint density at radius 2 is 1.97 bits per heavy atom. The molecule has 0 bridgehead atoms. The second kappa shape index (κ2) is 12.6.